The van der Waals surface area contributed by atoms with Crippen molar-refractivity contribution in [3.05, 3.63) is 29.3 Å². The van der Waals surface area contributed by atoms with Gasteiger partial charge < -0.3 is 10.8 Å². The van der Waals surface area contributed by atoms with Crippen LogP contribution in [0.2, 0.25) is 0 Å². The first-order chi connectivity index (χ1) is 6.19. The molecule has 68 valence electrons. The number of nitrogens with zero attached hydrogens (tertiary/aromatic N) is 1. The zero-order chi connectivity index (χ0) is 9.84. The first kappa shape index (κ1) is 9.56. The van der Waals surface area contributed by atoms with Gasteiger partial charge in [-0.1, -0.05) is 13.0 Å². The second-order valence-corrected chi connectivity index (χ2v) is 2.90. The van der Waals surface area contributed by atoms with E-state index in [0.29, 0.717) is 11.1 Å². The Morgan fingerprint density at radius 3 is 2.77 bits per heavy atom. The highest BCUT2D eigenvalue weighted by Crippen LogP contribution is 2.25. The largest absolute Gasteiger partial charge is 0.508 e. The lowest BCUT2D eigenvalue weighted by atomic mass is 10.0. The molecule has 0 fully saturated rings. The summed E-state index contributed by atoms with van der Waals surface area (Å²) >= 11 is 0. The van der Waals surface area contributed by atoms with E-state index in [2.05, 4.69) is 0 Å². The third-order valence-corrected chi connectivity index (χ3v) is 2.00. The highest BCUT2D eigenvalue weighted by atomic mass is 16.3. The lowest BCUT2D eigenvalue weighted by molar-refractivity contribution is 0.460. The second-order valence-electron chi connectivity index (χ2n) is 2.90. The Morgan fingerprint density at radius 1 is 1.62 bits per heavy atom. The van der Waals surface area contributed by atoms with Gasteiger partial charge in [-0.3, -0.25) is 0 Å². The molecule has 3 heteroatoms. The minimum Gasteiger partial charge on any atom is -0.508 e. The van der Waals surface area contributed by atoms with Crippen molar-refractivity contribution in [3.8, 4) is 11.8 Å². The van der Waals surface area contributed by atoms with Crippen molar-refractivity contribution in [2.45, 2.75) is 19.4 Å². The zero-order valence-corrected chi connectivity index (χ0v) is 7.49. The maximum Gasteiger partial charge on any atom is 0.121 e. The van der Waals surface area contributed by atoms with Crippen LogP contribution < -0.4 is 5.73 Å². The van der Waals surface area contributed by atoms with Crippen LogP contribution in [-0.2, 0) is 0 Å². The summed E-state index contributed by atoms with van der Waals surface area (Å²) in [5.74, 6) is 0.105. The number of hydrogen-bond donors (Lipinski definition) is 2. The van der Waals surface area contributed by atoms with Gasteiger partial charge in [0, 0.05) is 11.6 Å². The average Bonchev–Trinajstić information content (AvgIpc) is 2.16. The van der Waals surface area contributed by atoms with Crippen molar-refractivity contribution in [1.82, 2.24) is 0 Å². The molecule has 1 rings (SSSR count). The molecule has 0 saturated carbocycles. The number of rotatable bonds is 2. The number of hydrogen-bond acceptors (Lipinski definition) is 3. The predicted molar refractivity (Wildman–Crippen MR) is 50.0 cm³/mol. The van der Waals surface area contributed by atoms with Crippen LogP contribution in [0.15, 0.2) is 18.2 Å². The Balaban J connectivity index is 3.07. The van der Waals surface area contributed by atoms with Gasteiger partial charge >= 0.3 is 0 Å². The lowest BCUT2D eigenvalue weighted by Gasteiger charge is -2.10. The number of aromatic hydroxyl groups is 1. The molecule has 1 aromatic rings. The minimum absolute atomic E-state index is 0.105. The predicted octanol–water partition coefficient (Wildman–Crippen LogP) is 1.67. The Morgan fingerprint density at radius 2 is 2.31 bits per heavy atom. The van der Waals surface area contributed by atoms with Crippen LogP contribution in [0.5, 0.6) is 5.75 Å². The minimum atomic E-state index is -0.159. The molecule has 0 saturated heterocycles. The molecule has 3 N–H and O–H groups in total. The molecule has 0 aliphatic carbocycles. The smallest absolute Gasteiger partial charge is 0.121 e. The van der Waals surface area contributed by atoms with Crippen molar-refractivity contribution >= 4 is 0 Å². The molecular formula is C10H12N2O. The summed E-state index contributed by atoms with van der Waals surface area (Å²) in [6.07, 6.45) is 0.763. The fourth-order valence-electron chi connectivity index (χ4n) is 1.15. The summed E-state index contributed by atoms with van der Waals surface area (Å²) in [6.45, 7) is 1.95. The summed E-state index contributed by atoms with van der Waals surface area (Å²) in [6, 6.07) is 6.58. The number of phenols is 1. The molecule has 0 aromatic heterocycles. The fourth-order valence-corrected chi connectivity index (χ4v) is 1.15. The third kappa shape index (κ3) is 1.98. The summed E-state index contributed by atoms with van der Waals surface area (Å²) < 4.78 is 0. The van der Waals surface area contributed by atoms with Crippen LogP contribution >= 0.6 is 0 Å². The summed E-state index contributed by atoms with van der Waals surface area (Å²) in [5.41, 5.74) is 6.89. The van der Waals surface area contributed by atoms with Gasteiger partial charge in [0.05, 0.1) is 11.6 Å². The quantitative estimate of drug-likeness (QED) is 0.720. The monoisotopic (exact) mass is 176 g/mol. The van der Waals surface area contributed by atoms with Crippen LogP contribution in [0.1, 0.15) is 30.5 Å². The number of phenolic OH excluding ortho intramolecular Hbond substituents is 1. The normalized spacial score (nSPS) is 12.1. The number of benzene rings is 1. The highest BCUT2D eigenvalue weighted by Gasteiger charge is 2.08. The second kappa shape index (κ2) is 3.92. The van der Waals surface area contributed by atoms with E-state index >= 15 is 0 Å². The molecule has 0 aliphatic rings. The van der Waals surface area contributed by atoms with E-state index in [1.54, 1.807) is 12.1 Å². The van der Waals surface area contributed by atoms with E-state index in [1.165, 1.54) is 6.07 Å². The van der Waals surface area contributed by atoms with Gasteiger partial charge in [0.25, 0.3) is 0 Å². The standard InChI is InChI=1S/C10H12N2O/c1-2-9(12)8-4-3-7(6-11)5-10(8)13/h3-5,9,13H,2,12H2,1H3. The fraction of sp³-hybridized carbons (Fsp3) is 0.300. The Kier molecular flexibility index (Phi) is 2.88. The van der Waals surface area contributed by atoms with E-state index in [4.69, 9.17) is 11.0 Å². The maximum atomic E-state index is 9.49. The van der Waals surface area contributed by atoms with Crippen molar-refractivity contribution in [2.75, 3.05) is 0 Å². The molecule has 1 atom stereocenters. The van der Waals surface area contributed by atoms with Gasteiger partial charge in [0.15, 0.2) is 0 Å². The van der Waals surface area contributed by atoms with Crippen molar-refractivity contribution in [3.63, 3.8) is 0 Å². The molecule has 1 aromatic carbocycles. The van der Waals surface area contributed by atoms with Gasteiger partial charge in [-0.25, -0.2) is 0 Å². The first-order valence-corrected chi connectivity index (χ1v) is 4.17. The van der Waals surface area contributed by atoms with Crippen molar-refractivity contribution in [1.29, 1.82) is 5.26 Å². The number of nitrogens with two attached hydrogens (primary N) is 1. The SMILES string of the molecule is CCC(N)c1ccc(C#N)cc1O. The van der Waals surface area contributed by atoms with Gasteiger partial charge in [0.1, 0.15) is 5.75 Å². The van der Waals surface area contributed by atoms with E-state index in [1.807, 2.05) is 13.0 Å². The van der Waals surface area contributed by atoms with E-state index in [0.717, 1.165) is 6.42 Å². The first-order valence-electron chi connectivity index (χ1n) is 4.17. The molecule has 0 amide bonds. The molecule has 13 heavy (non-hydrogen) atoms. The van der Waals surface area contributed by atoms with Crippen LogP contribution in [0.25, 0.3) is 0 Å². The van der Waals surface area contributed by atoms with Gasteiger partial charge in [-0.2, -0.15) is 5.26 Å². The molecule has 0 heterocycles. The summed E-state index contributed by atoms with van der Waals surface area (Å²) in [7, 11) is 0. The third-order valence-electron chi connectivity index (χ3n) is 2.00. The molecule has 0 radical (unpaired) electrons. The summed E-state index contributed by atoms with van der Waals surface area (Å²) in [4.78, 5) is 0. The topological polar surface area (TPSA) is 70.0 Å². The maximum absolute atomic E-state index is 9.49. The van der Waals surface area contributed by atoms with Crippen LogP contribution in [0.3, 0.4) is 0 Å². The van der Waals surface area contributed by atoms with E-state index < -0.39 is 0 Å². The van der Waals surface area contributed by atoms with Gasteiger partial charge in [-0.15, -0.1) is 0 Å². The van der Waals surface area contributed by atoms with Crippen LogP contribution in [-0.4, -0.2) is 5.11 Å². The molecule has 0 aliphatic heterocycles. The Labute approximate surface area is 77.4 Å². The van der Waals surface area contributed by atoms with Crippen molar-refractivity contribution in [2.24, 2.45) is 5.73 Å². The van der Waals surface area contributed by atoms with E-state index in [-0.39, 0.29) is 11.8 Å². The van der Waals surface area contributed by atoms with Crippen LogP contribution in [0, 0.1) is 11.3 Å². The zero-order valence-electron chi connectivity index (χ0n) is 7.49. The number of nitriles is 1. The van der Waals surface area contributed by atoms with Gasteiger partial charge in [0.2, 0.25) is 0 Å². The van der Waals surface area contributed by atoms with Gasteiger partial charge in [-0.05, 0) is 18.6 Å². The van der Waals surface area contributed by atoms with Crippen LogP contribution in [0.4, 0.5) is 0 Å². The highest BCUT2D eigenvalue weighted by molar-refractivity contribution is 5.42. The molecular weight excluding hydrogens is 164 g/mol. The lowest BCUT2D eigenvalue weighted by Crippen LogP contribution is -2.08. The molecule has 0 spiro atoms. The molecule has 3 nitrogen and oxygen atoms in total. The van der Waals surface area contributed by atoms with E-state index in [9.17, 15) is 5.11 Å². The average molecular weight is 176 g/mol. The Hall–Kier alpha value is -1.53. The molecule has 0 bridgehead atoms. The molecule has 1 unspecified atom stereocenters. The Bertz CT molecular complexity index is 341. The summed E-state index contributed by atoms with van der Waals surface area (Å²) in [5, 5.41) is 18.0. The van der Waals surface area contributed by atoms with Crippen molar-refractivity contribution < 1.29 is 5.11 Å².